The van der Waals surface area contributed by atoms with Gasteiger partial charge in [-0.2, -0.15) is 0 Å². The Labute approximate surface area is 151 Å². The maximum Gasteiger partial charge on any atom is 0.133 e. The molecule has 0 spiro atoms. The molecule has 2 fully saturated rings. The quantitative estimate of drug-likeness (QED) is 0.800. The lowest BCUT2D eigenvalue weighted by molar-refractivity contribution is 0.140. The molecule has 2 saturated heterocycles. The van der Waals surface area contributed by atoms with Gasteiger partial charge in [0.1, 0.15) is 5.82 Å². The first-order chi connectivity index (χ1) is 12.4. The normalized spacial score (nSPS) is 22.1. The molecule has 2 aliphatic rings. The minimum atomic E-state index is 0.500. The van der Waals surface area contributed by atoms with E-state index in [9.17, 15) is 0 Å². The van der Waals surface area contributed by atoms with Gasteiger partial charge >= 0.3 is 0 Å². The Hall–Kier alpha value is -1.87. The summed E-state index contributed by atoms with van der Waals surface area (Å²) in [6.45, 7) is 4.55. The molecule has 3 heterocycles. The number of pyridine rings is 1. The molecule has 3 heteroatoms. The third kappa shape index (κ3) is 3.87. The highest BCUT2D eigenvalue weighted by atomic mass is 15.2. The summed E-state index contributed by atoms with van der Waals surface area (Å²) < 4.78 is 0. The first-order valence-electron chi connectivity index (χ1n) is 9.90. The second-order valence-electron chi connectivity index (χ2n) is 7.43. The van der Waals surface area contributed by atoms with Gasteiger partial charge in [-0.1, -0.05) is 42.8 Å². The fourth-order valence-corrected chi connectivity index (χ4v) is 4.39. The van der Waals surface area contributed by atoms with E-state index in [0.29, 0.717) is 6.04 Å². The average Bonchev–Trinajstić information content (AvgIpc) is 2.70. The number of piperidine rings is 2. The number of rotatable bonds is 4. The summed E-state index contributed by atoms with van der Waals surface area (Å²) in [7, 11) is 0. The molecule has 0 N–H and O–H groups in total. The van der Waals surface area contributed by atoms with Crippen LogP contribution in [0.25, 0.3) is 0 Å². The molecule has 0 saturated carbocycles. The summed E-state index contributed by atoms with van der Waals surface area (Å²) >= 11 is 0. The first-order valence-corrected chi connectivity index (χ1v) is 9.90. The number of likely N-dealkylation sites (tertiary alicyclic amines) is 1. The number of aromatic nitrogens is 1. The molecule has 1 atom stereocenters. The predicted octanol–water partition coefficient (Wildman–Crippen LogP) is 4.80. The van der Waals surface area contributed by atoms with Gasteiger partial charge in [-0.15, -0.1) is 0 Å². The van der Waals surface area contributed by atoms with Crippen molar-refractivity contribution in [2.75, 3.05) is 24.5 Å². The van der Waals surface area contributed by atoms with Gasteiger partial charge in [0.2, 0.25) is 0 Å². The molecule has 0 amide bonds. The Kier molecular flexibility index (Phi) is 5.31. The standard InChI is InChI=1S/C22H29N3/c1-3-10-19(11-4-1)18-25-17-8-5-13-21(25)20-12-9-14-23-22(20)24-15-6-2-7-16-24/h1,3-4,9-12,14,21H,2,5-8,13,15-18H2/t21-/m1/s1. The van der Waals surface area contributed by atoms with E-state index in [0.717, 1.165) is 19.6 Å². The molecule has 132 valence electrons. The molecule has 3 nitrogen and oxygen atoms in total. The molecule has 2 aromatic rings. The smallest absolute Gasteiger partial charge is 0.133 e. The second kappa shape index (κ2) is 8.01. The van der Waals surface area contributed by atoms with E-state index in [-0.39, 0.29) is 0 Å². The molecule has 0 unspecified atom stereocenters. The lowest BCUT2D eigenvalue weighted by Crippen LogP contribution is -2.36. The van der Waals surface area contributed by atoms with Gasteiger partial charge in [-0.25, -0.2) is 4.98 Å². The van der Waals surface area contributed by atoms with Crippen LogP contribution < -0.4 is 4.90 Å². The summed E-state index contributed by atoms with van der Waals surface area (Å²) in [6, 6.07) is 15.9. The van der Waals surface area contributed by atoms with Crippen molar-refractivity contribution in [3.8, 4) is 0 Å². The number of anilines is 1. The van der Waals surface area contributed by atoms with Crippen molar-refractivity contribution in [3.05, 3.63) is 59.8 Å². The van der Waals surface area contributed by atoms with Crippen molar-refractivity contribution in [1.82, 2.24) is 9.88 Å². The minimum absolute atomic E-state index is 0.500. The van der Waals surface area contributed by atoms with Crippen molar-refractivity contribution in [2.24, 2.45) is 0 Å². The third-order valence-electron chi connectivity index (χ3n) is 5.67. The second-order valence-corrected chi connectivity index (χ2v) is 7.43. The lowest BCUT2D eigenvalue weighted by atomic mass is 9.94. The highest BCUT2D eigenvalue weighted by Crippen LogP contribution is 2.36. The van der Waals surface area contributed by atoms with Crippen LogP contribution >= 0.6 is 0 Å². The van der Waals surface area contributed by atoms with E-state index >= 15 is 0 Å². The zero-order valence-corrected chi connectivity index (χ0v) is 15.1. The van der Waals surface area contributed by atoms with Crippen LogP contribution in [0.3, 0.4) is 0 Å². The third-order valence-corrected chi connectivity index (χ3v) is 5.67. The van der Waals surface area contributed by atoms with Gasteiger partial charge in [0.25, 0.3) is 0 Å². The molecule has 25 heavy (non-hydrogen) atoms. The zero-order valence-electron chi connectivity index (χ0n) is 15.1. The van der Waals surface area contributed by atoms with Crippen LogP contribution in [-0.4, -0.2) is 29.5 Å². The van der Waals surface area contributed by atoms with Gasteiger partial charge in [0.05, 0.1) is 0 Å². The summed E-state index contributed by atoms with van der Waals surface area (Å²) in [6.07, 6.45) is 9.81. The summed E-state index contributed by atoms with van der Waals surface area (Å²) in [5.41, 5.74) is 2.86. The molecule has 0 aliphatic carbocycles. The highest BCUT2D eigenvalue weighted by molar-refractivity contribution is 5.49. The molecule has 0 radical (unpaired) electrons. The van der Waals surface area contributed by atoms with Crippen molar-refractivity contribution in [1.29, 1.82) is 0 Å². The molecule has 4 rings (SSSR count). The summed E-state index contributed by atoms with van der Waals surface area (Å²) in [4.78, 5) is 10.0. The number of nitrogens with zero attached hydrogens (tertiary/aromatic N) is 3. The fraction of sp³-hybridized carbons (Fsp3) is 0.500. The van der Waals surface area contributed by atoms with Crippen molar-refractivity contribution >= 4 is 5.82 Å². The van der Waals surface area contributed by atoms with Crippen LogP contribution in [-0.2, 0) is 6.54 Å². The molecule has 1 aromatic heterocycles. The van der Waals surface area contributed by atoms with Gasteiger partial charge in [0, 0.05) is 37.4 Å². The van der Waals surface area contributed by atoms with Crippen LogP contribution in [0.15, 0.2) is 48.7 Å². The first kappa shape index (κ1) is 16.6. The lowest BCUT2D eigenvalue weighted by Gasteiger charge is -2.38. The SMILES string of the molecule is c1ccc(CN2CCCC[C@@H]2c2cccnc2N2CCCCC2)cc1. The highest BCUT2D eigenvalue weighted by Gasteiger charge is 2.28. The Morgan fingerprint density at radius 3 is 2.48 bits per heavy atom. The van der Waals surface area contributed by atoms with Crippen LogP contribution in [0.2, 0.25) is 0 Å². The van der Waals surface area contributed by atoms with E-state index in [1.807, 2.05) is 6.20 Å². The maximum atomic E-state index is 4.82. The van der Waals surface area contributed by atoms with Crippen LogP contribution in [0.1, 0.15) is 55.7 Å². The van der Waals surface area contributed by atoms with E-state index < -0.39 is 0 Å². The monoisotopic (exact) mass is 335 g/mol. The largest absolute Gasteiger partial charge is 0.356 e. The van der Waals surface area contributed by atoms with Gasteiger partial charge < -0.3 is 4.90 Å². The van der Waals surface area contributed by atoms with E-state index in [1.54, 1.807) is 0 Å². The number of hydrogen-bond donors (Lipinski definition) is 0. The van der Waals surface area contributed by atoms with Crippen LogP contribution in [0.5, 0.6) is 0 Å². The van der Waals surface area contributed by atoms with E-state index in [2.05, 4.69) is 52.3 Å². The molecule has 1 aromatic carbocycles. The predicted molar refractivity (Wildman–Crippen MR) is 104 cm³/mol. The van der Waals surface area contributed by atoms with Gasteiger partial charge in [0.15, 0.2) is 0 Å². The Morgan fingerprint density at radius 2 is 1.64 bits per heavy atom. The molecular weight excluding hydrogens is 306 g/mol. The number of hydrogen-bond acceptors (Lipinski definition) is 3. The van der Waals surface area contributed by atoms with Gasteiger partial charge in [-0.3, -0.25) is 4.90 Å². The number of benzene rings is 1. The van der Waals surface area contributed by atoms with E-state index in [1.165, 1.54) is 62.0 Å². The Balaban J connectivity index is 1.60. The minimum Gasteiger partial charge on any atom is -0.356 e. The summed E-state index contributed by atoms with van der Waals surface area (Å²) in [5.74, 6) is 1.24. The van der Waals surface area contributed by atoms with Gasteiger partial charge in [-0.05, 0) is 50.3 Å². The zero-order chi connectivity index (χ0) is 16.9. The fourth-order valence-electron chi connectivity index (χ4n) is 4.39. The van der Waals surface area contributed by atoms with Crippen LogP contribution in [0, 0.1) is 0 Å². The van der Waals surface area contributed by atoms with Crippen LogP contribution in [0.4, 0.5) is 5.82 Å². The van der Waals surface area contributed by atoms with Crippen molar-refractivity contribution < 1.29 is 0 Å². The molecular formula is C22H29N3. The maximum absolute atomic E-state index is 4.82. The van der Waals surface area contributed by atoms with Crippen molar-refractivity contribution in [2.45, 2.75) is 51.1 Å². The average molecular weight is 335 g/mol. The molecule has 2 aliphatic heterocycles. The van der Waals surface area contributed by atoms with Crippen molar-refractivity contribution in [3.63, 3.8) is 0 Å². The Bertz CT molecular complexity index is 664. The topological polar surface area (TPSA) is 19.4 Å². The molecule has 0 bridgehead atoms. The van der Waals surface area contributed by atoms with E-state index in [4.69, 9.17) is 4.98 Å². The Morgan fingerprint density at radius 1 is 0.840 bits per heavy atom. The summed E-state index contributed by atoms with van der Waals surface area (Å²) in [5, 5.41) is 0.